The van der Waals surface area contributed by atoms with Gasteiger partial charge in [0, 0.05) is 0 Å². The first-order valence-corrected chi connectivity index (χ1v) is 7.06. The summed E-state index contributed by atoms with van der Waals surface area (Å²) in [5, 5.41) is 18.6. The van der Waals surface area contributed by atoms with Gasteiger partial charge in [-0.25, -0.2) is 0 Å². The van der Waals surface area contributed by atoms with Crippen LogP contribution in [-0.2, 0) is 13.6 Å². The summed E-state index contributed by atoms with van der Waals surface area (Å²) >= 11 is 0. The fourth-order valence-electron chi connectivity index (χ4n) is 1.13. The van der Waals surface area contributed by atoms with Crippen molar-refractivity contribution >= 4 is 8.25 Å². The van der Waals surface area contributed by atoms with Crippen LogP contribution >= 0.6 is 8.25 Å². The molecule has 0 amide bonds. The Bertz CT molecular complexity index is 170. The van der Waals surface area contributed by atoms with Crippen molar-refractivity contribution in [3.63, 3.8) is 0 Å². The number of aliphatic hydroxyl groups is 2. The normalized spacial score (nSPS) is 17.0. The Balaban J connectivity index is 3.63. The van der Waals surface area contributed by atoms with E-state index in [-0.39, 0.29) is 0 Å². The zero-order valence-corrected chi connectivity index (χ0v) is 11.0. The van der Waals surface area contributed by atoms with Crippen molar-refractivity contribution in [1.29, 1.82) is 0 Å². The lowest BCUT2D eigenvalue weighted by Crippen LogP contribution is -2.11. The van der Waals surface area contributed by atoms with Gasteiger partial charge in [-0.05, 0) is 25.7 Å². The van der Waals surface area contributed by atoms with Crippen LogP contribution in [0, 0.1) is 0 Å². The maximum atomic E-state index is 11.2. The average Bonchev–Trinajstić information content (AvgIpc) is 2.23. The zero-order chi connectivity index (χ0) is 12.4. The lowest BCUT2D eigenvalue weighted by Gasteiger charge is -2.14. The highest BCUT2D eigenvalue weighted by molar-refractivity contribution is 7.33. The summed E-state index contributed by atoms with van der Waals surface area (Å²) in [5.41, 5.74) is 0. The highest BCUT2D eigenvalue weighted by Crippen LogP contribution is 2.29. The molecular formula is C10H23O5P. The fourth-order valence-corrected chi connectivity index (χ4v) is 1.86. The molecule has 0 aromatic carbocycles. The molecule has 0 bridgehead atoms. The molecule has 2 unspecified atom stereocenters. The van der Waals surface area contributed by atoms with Gasteiger partial charge in [0.15, 0.2) is 12.6 Å². The Hall–Kier alpha value is 0.0700. The molecule has 0 heterocycles. The van der Waals surface area contributed by atoms with Crippen LogP contribution in [0.5, 0.6) is 0 Å². The number of unbranched alkanes of at least 4 members (excludes halogenated alkanes) is 2. The van der Waals surface area contributed by atoms with Gasteiger partial charge in [-0.2, -0.15) is 0 Å². The molecule has 6 heteroatoms. The highest BCUT2D eigenvalue weighted by Gasteiger charge is 2.13. The van der Waals surface area contributed by atoms with E-state index in [0.717, 1.165) is 25.7 Å². The SMILES string of the molecule is CCCCC(O)O[PH](=O)OC(O)CCCC. The minimum atomic E-state index is -2.80. The number of aliphatic hydroxyl groups excluding tert-OH is 2. The summed E-state index contributed by atoms with van der Waals surface area (Å²) < 4.78 is 20.7. The van der Waals surface area contributed by atoms with Crippen molar-refractivity contribution < 1.29 is 23.8 Å². The fraction of sp³-hybridized carbons (Fsp3) is 1.00. The average molecular weight is 254 g/mol. The van der Waals surface area contributed by atoms with E-state index in [1.54, 1.807) is 0 Å². The van der Waals surface area contributed by atoms with Gasteiger partial charge in [0.2, 0.25) is 0 Å². The molecule has 0 spiro atoms. The minimum Gasteiger partial charge on any atom is -0.368 e. The van der Waals surface area contributed by atoms with Gasteiger partial charge in [-0.3, -0.25) is 13.6 Å². The molecule has 2 atom stereocenters. The molecule has 0 radical (unpaired) electrons. The van der Waals surface area contributed by atoms with E-state index in [1.165, 1.54) is 0 Å². The predicted molar refractivity (Wildman–Crippen MR) is 62.2 cm³/mol. The van der Waals surface area contributed by atoms with Crippen molar-refractivity contribution in [1.82, 2.24) is 0 Å². The summed E-state index contributed by atoms with van der Waals surface area (Å²) in [5.74, 6) is 0. The molecule has 2 N–H and O–H groups in total. The third kappa shape index (κ3) is 9.31. The second-order valence-corrected chi connectivity index (χ2v) is 4.65. The molecule has 0 aliphatic rings. The number of hydrogen-bond acceptors (Lipinski definition) is 5. The van der Waals surface area contributed by atoms with Crippen LogP contribution in [0.4, 0.5) is 0 Å². The van der Waals surface area contributed by atoms with Crippen LogP contribution in [0.15, 0.2) is 0 Å². The van der Waals surface area contributed by atoms with E-state index in [1.807, 2.05) is 13.8 Å². The Morgan fingerprint density at radius 1 is 1.00 bits per heavy atom. The van der Waals surface area contributed by atoms with E-state index in [2.05, 4.69) is 0 Å². The minimum absolute atomic E-state index is 0.432. The molecule has 0 rings (SSSR count). The molecule has 0 aromatic rings. The summed E-state index contributed by atoms with van der Waals surface area (Å²) in [6.45, 7) is 3.97. The van der Waals surface area contributed by atoms with Gasteiger partial charge in [-0.15, -0.1) is 0 Å². The van der Waals surface area contributed by atoms with Crippen LogP contribution in [0.1, 0.15) is 52.4 Å². The van der Waals surface area contributed by atoms with Crippen molar-refractivity contribution in [3.8, 4) is 0 Å². The van der Waals surface area contributed by atoms with Gasteiger partial charge in [0.1, 0.15) is 0 Å². The molecule has 0 saturated carbocycles. The first-order chi connectivity index (χ1) is 7.60. The summed E-state index contributed by atoms with van der Waals surface area (Å²) in [4.78, 5) is 0. The molecule has 98 valence electrons. The Kier molecular flexibility index (Phi) is 10.3. The van der Waals surface area contributed by atoms with E-state index in [4.69, 9.17) is 9.05 Å². The lowest BCUT2D eigenvalue weighted by molar-refractivity contribution is -0.0646. The molecule has 0 fully saturated rings. The maximum absolute atomic E-state index is 11.2. The quantitative estimate of drug-likeness (QED) is 0.462. The van der Waals surface area contributed by atoms with Gasteiger partial charge in [-0.1, -0.05) is 26.7 Å². The highest BCUT2D eigenvalue weighted by atomic mass is 31.1. The van der Waals surface area contributed by atoms with Crippen molar-refractivity contribution in [2.75, 3.05) is 0 Å². The van der Waals surface area contributed by atoms with E-state index >= 15 is 0 Å². The van der Waals surface area contributed by atoms with Crippen molar-refractivity contribution in [3.05, 3.63) is 0 Å². The van der Waals surface area contributed by atoms with Crippen LogP contribution in [-0.4, -0.2) is 22.8 Å². The molecule has 0 aliphatic heterocycles. The van der Waals surface area contributed by atoms with Crippen LogP contribution < -0.4 is 0 Å². The molecular weight excluding hydrogens is 231 g/mol. The van der Waals surface area contributed by atoms with Crippen LogP contribution in [0.3, 0.4) is 0 Å². The first kappa shape index (κ1) is 16.1. The van der Waals surface area contributed by atoms with Crippen LogP contribution in [0.25, 0.3) is 0 Å². The van der Waals surface area contributed by atoms with Gasteiger partial charge < -0.3 is 10.2 Å². The number of hydrogen-bond donors (Lipinski definition) is 2. The summed E-state index contributed by atoms with van der Waals surface area (Å²) in [7, 11) is -2.80. The van der Waals surface area contributed by atoms with Gasteiger partial charge >= 0.3 is 8.25 Å². The third-order valence-electron chi connectivity index (χ3n) is 2.07. The molecule has 0 saturated heterocycles. The standard InChI is InChI=1S/C10H23O5P/c1-3-5-7-9(11)14-16(13)15-10(12)8-6-4-2/h9-12,16H,3-8H2,1-2H3. The second kappa shape index (κ2) is 10.2. The monoisotopic (exact) mass is 254 g/mol. The van der Waals surface area contributed by atoms with Crippen molar-refractivity contribution in [2.45, 2.75) is 65.0 Å². The molecule has 5 nitrogen and oxygen atoms in total. The topological polar surface area (TPSA) is 76.0 Å². The summed E-state index contributed by atoms with van der Waals surface area (Å²) in [6.07, 6.45) is 2.20. The Morgan fingerprint density at radius 3 is 1.69 bits per heavy atom. The Morgan fingerprint density at radius 2 is 1.38 bits per heavy atom. The smallest absolute Gasteiger partial charge is 0.323 e. The molecule has 0 aliphatic carbocycles. The predicted octanol–water partition coefficient (Wildman–Crippen LogP) is 2.43. The van der Waals surface area contributed by atoms with Crippen molar-refractivity contribution in [2.24, 2.45) is 0 Å². The summed E-state index contributed by atoms with van der Waals surface area (Å²) in [6, 6.07) is 0. The van der Waals surface area contributed by atoms with Gasteiger partial charge in [0.25, 0.3) is 0 Å². The third-order valence-corrected chi connectivity index (χ3v) is 3.00. The van der Waals surface area contributed by atoms with Crippen LogP contribution in [0.2, 0.25) is 0 Å². The first-order valence-electron chi connectivity index (χ1n) is 5.83. The van der Waals surface area contributed by atoms with Gasteiger partial charge in [0.05, 0.1) is 0 Å². The largest absolute Gasteiger partial charge is 0.368 e. The van der Waals surface area contributed by atoms with E-state index in [0.29, 0.717) is 12.8 Å². The van der Waals surface area contributed by atoms with E-state index < -0.39 is 20.8 Å². The van der Waals surface area contributed by atoms with E-state index in [9.17, 15) is 14.8 Å². The second-order valence-electron chi connectivity index (χ2n) is 3.68. The Labute approximate surface area is 97.7 Å². The molecule has 0 aromatic heterocycles. The lowest BCUT2D eigenvalue weighted by atomic mass is 10.2. The zero-order valence-electron chi connectivity index (χ0n) is 10.0. The number of rotatable bonds is 10. The molecule has 16 heavy (non-hydrogen) atoms. The maximum Gasteiger partial charge on any atom is 0.323 e.